The molecule has 0 aliphatic carbocycles. The van der Waals surface area contributed by atoms with Crippen molar-refractivity contribution in [3.8, 4) is 0 Å². The molecule has 0 spiro atoms. The van der Waals surface area contributed by atoms with Gasteiger partial charge in [-0.05, 0) is 24.6 Å². The summed E-state index contributed by atoms with van der Waals surface area (Å²) in [6, 6.07) is 18.3. The van der Waals surface area contributed by atoms with Crippen LogP contribution in [-0.4, -0.2) is 46.0 Å². The lowest BCUT2D eigenvalue weighted by atomic mass is 9.92. The lowest BCUT2D eigenvalue weighted by Gasteiger charge is -2.38. The fourth-order valence-corrected chi connectivity index (χ4v) is 4.67. The Labute approximate surface area is 150 Å². The summed E-state index contributed by atoms with van der Waals surface area (Å²) >= 11 is 0. The van der Waals surface area contributed by atoms with Crippen LogP contribution in [0.3, 0.4) is 0 Å². The second-order valence-corrected chi connectivity index (χ2v) is 8.33. The van der Waals surface area contributed by atoms with E-state index >= 15 is 0 Å². The van der Waals surface area contributed by atoms with Gasteiger partial charge >= 0.3 is 0 Å². The van der Waals surface area contributed by atoms with Crippen molar-refractivity contribution in [3.63, 3.8) is 0 Å². The molecule has 0 radical (unpaired) electrons. The summed E-state index contributed by atoms with van der Waals surface area (Å²) in [5.41, 5.74) is 0.265. The average Bonchev–Trinajstić information content (AvgIpc) is 2.63. The number of sulfonamides is 1. The molecule has 2 aromatic rings. The summed E-state index contributed by atoms with van der Waals surface area (Å²) in [6.07, 6.45) is 0. The van der Waals surface area contributed by atoms with Crippen LogP contribution in [0.1, 0.15) is 12.5 Å². The third-order valence-electron chi connectivity index (χ3n) is 4.57. The molecule has 25 heavy (non-hydrogen) atoms. The van der Waals surface area contributed by atoms with E-state index in [1.807, 2.05) is 43.3 Å². The van der Waals surface area contributed by atoms with Crippen LogP contribution in [0.2, 0.25) is 0 Å². The zero-order chi connectivity index (χ0) is 17.8. The molecule has 6 heteroatoms. The fourth-order valence-electron chi connectivity index (χ4n) is 3.26. The number of hydrogen-bond donors (Lipinski definition) is 2. The van der Waals surface area contributed by atoms with Gasteiger partial charge in [-0.2, -0.15) is 4.72 Å². The predicted molar refractivity (Wildman–Crippen MR) is 99.9 cm³/mol. The molecule has 0 aromatic heterocycles. The van der Waals surface area contributed by atoms with E-state index in [1.165, 1.54) is 0 Å². The maximum Gasteiger partial charge on any atom is 0.241 e. The van der Waals surface area contributed by atoms with E-state index in [2.05, 4.69) is 14.9 Å². The highest BCUT2D eigenvalue weighted by Gasteiger charge is 2.34. The summed E-state index contributed by atoms with van der Waals surface area (Å²) in [4.78, 5) is 2.59. The molecule has 0 amide bonds. The lowest BCUT2D eigenvalue weighted by molar-refractivity contribution is 0.186. The van der Waals surface area contributed by atoms with E-state index in [1.54, 1.807) is 24.3 Å². The molecule has 0 bridgehead atoms. The van der Waals surface area contributed by atoms with Crippen molar-refractivity contribution in [3.05, 3.63) is 66.2 Å². The van der Waals surface area contributed by atoms with Crippen LogP contribution in [-0.2, 0) is 15.6 Å². The number of nitrogens with one attached hydrogen (secondary N) is 2. The molecule has 1 fully saturated rings. The van der Waals surface area contributed by atoms with Crippen LogP contribution < -0.4 is 10.0 Å². The normalized spacial score (nSPS) is 18.6. The van der Waals surface area contributed by atoms with Crippen LogP contribution in [0, 0.1) is 0 Å². The Balaban J connectivity index is 1.91. The third-order valence-corrected chi connectivity index (χ3v) is 6.19. The summed E-state index contributed by atoms with van der Waals surface area (Å²) in [7, 11) is -3.61. The first-order valence-corrected chi connectivity index (χ1v) is 10.1. The van der Waals surface area contributed by atoms with Crippen molar-refractivity contribution in [2.75, 3.05) is 32.7 Å². The quantitative estimate of drug-likeness (QED) is 0.825. The van der Waals surface area contributed by atoms with Crippen LogP contribution in [0.25, 0.3) is 0 Å². The minimum Gasteiger partial charge on any atom is -0.314 e. The smallest absolute Gasteiger partial charge is 0.241 e. The largest absolute Gasteiger partial charge is 0.314 e. The van der Waals surface area contributed by atoms with Crippen molar-refractivity contribution in [1.29, 1.82) is 0 Å². The third kappa shape index (κ3) is 4.46. The van der Waals surface area contributed by atoms with Crippen LogP contribution in [0.4, 0.5) is 0 Å². The lowest BCUT2D eigenvalue weighted by Crippen LogP contribution is -2.54. The number of rotatable bonds is 6. The van der Waals surface area contributed by atoms with E-state index in [4.69, 9.17) is 0 Å². The summed E-state index contributed by atoms with van der Waals surface area (Å²) in [5, 5.41) is 3.33. The average molecular weight is 359 g/mol. The molecule has 1 aliphatic rings. The van der Waals surface area contributed by atoms with Gasteiger partial charge in [-0.3, -0.25) is 4.90 Å². The summed E-state index contributed by atoms with van der Waals surface area (Å²) in [6.45, 7) is 6.27. The Morgan fingerprint density at radius 1 is 1.00 bits per heavy atom. The zero-order valence-corrected chi connectivity index (χ0v) is 15.3. The molecular weight excluding hydrogens is 334 g/mol. The molecule has 2 N–H and O–H groups in total. The number of benzene rings is 2. The Kier molecular flexibility index (Phi) is 5.54. The Hall–Kier alpha value is -1.73. The van der Waals surface area contributed by atoms with E-state index in [-0.39, 0.29) is 4.90 Å². The molecular formula is C19H25N3O2S. The van der Waals surface area contributed by atoms with Crippen LogP contribution >= 0.6 is 0 Å². The van der Waals surface area contributed by atoms with E-state index in [9.17, 15) is 8.42 Å². The second-order valence-electron chi connectivity index (χ2n) is 6.64. The van der Waals surface area contributed by atoms with Gasteiger partial charge in [-0.1, -0.05) is 48.5 Å². The minimum atomic E-state index is -3.61. The molecule has 2 aromatic carbocycles. The summed E-state index contributed by atoms with van der Waals surface area (Å²) < 4.78 is 28.8. The van der Waals surface area contributed by atoms with Gasteiger partial charge in [0.2, 0.25) is 10.0 Å². The minimum absolute atomic E-state index is 0.289. The molecule has 0 unspecified atom stereocenters. The maximum absolute atomic E-state index is 12.9. The van der Waals surface area contributed by atoms with Crippen molar-refractivity contribution in [2.45, 2.75) is 17.4 Å². The van der Waals surface area contributed by atoms with Gasteiger partial charge in [0, 0.05) is 32.7 Å². The second kappa shape index (κ2) is 7.66. The molecule has 1 heterocycles. The topological polar surface area (TPSA) is 61.4 Å². The first kappa shape index (κ1) is 18.1. The fraction of sp³-hybridized carbons (Fsp3) is 0.368. The number of piperazine rings is 1. The monoisotopic (exact) mass is 359 g/mol. The van der Waals surface area contributed by atoms with Gasteiger partial charge in [0.05, 0.1) is 10.4 Å². The highest BCUT2D eigenvalue weighted by atomic mass is 32.2. The van der Waals surface area contributed by atoms with Crippen molar-refractivity contribution >= 4 is 10.0 Å². The molecule has 5 nitrogen and oxygen atoms in total. The maximum atomic E-state index is 12.9. The highest BCUT2D eigenvalue weighted by Crippen LogP contribution is 2.25. The highest BCUT2D eigenvalue weighted by molar-refractivity contribution is 7.89. The molecule has 1 aliphatic heterocycles. The van der Waals surface area contributed by atoms with E-state index in [0.29, 0.717) is 6.54 Å². The predicted octanol–water partition coefficient (Wildman–Crippen LogP) is 1.79. The van der Waals surface area contributed by atoms with Crippen LogP contribution in [0.15, 0.2) is 65.6 Å². The molecule has 1 atom stereocenters. The van der Waals surface area contributed by atoms with Crippen molar-refractivity contribution < 1.29 is 8.42 Å². The van der Waals surface area contributed by atoms with Gasteiger partial charge in [0.25, 0.3) is 0 Å². The van der Waals surface area contributed by atoms with Gasteiger partial charge in [-0.25, -0.2) is 8.42 Å². The first-order valence-electron chi connectivity index (χ1n) is 8.57. The van der Waals surface area contributed by atoms with E-state index in [0.717, 1.165) is 31.7 Å². The van der Waals surface area contributed by atoms with Crippen molar-refractivity contribution in [2.24, 2.45) is 0 Å². The zero-order valence-electron chi connectivity index (χ0n) is 14.5. The molecule has 1 saturated heterocycles. The van der Waals surface area contributed by atoms with Gasteiger partial charge in [0.15, 0.2) is 0 Å². The molecule has 134 valence electrons. The Morgan fingerprint density at radius 2 is 1.56 bits per heavy atom. The Bertz CT molecular complexity index is 775. The van der Waals surface area contributed by atoms with E-state index < -0.39 is 15.6 Å². The standard InChI is InChI=1S/C19H25N3O2S/c1-19(17-8-4-2-5-9-17,16-22-14-12-20-13-15-22)21-25(23,24)18-10-6-3-7-11-18/h2-11,20-21H,12-16H2,1H3/t19-/m0/s1. The van der Waals surface area contributed by atoms with Crippen LogP contribution in [0.5, 0.6) is 0 Å². The van der Waals surface area contributed by atoms with Gasteiger partial charge in [0.1, 0.15) is 0 Å². The summed E-state index contributed by atoms with van der Waals surface area (Å²) in [5.74, 6) is 0. The van der Waals surface area contributed by atoms with Gasteiger partial charge in [-0.15, -0.1) is 0 Å². The number of nitrogens with zero attached hydrogens (tertiary/aromatic N) is 1. The van der Waals surface area contributed by atoms with Crippen molar-refractivity contribution in [1.82, 2.24) is 14.9 Å². The van der Waals surface area contributed by atoms with Gasteiger partial charge < -0.3 is 5.32 Å². The first-order chi connectivity index (χ1) is 12.0. The SMILES string of the molecule is C[C@@](CN1CCNCC1)(NS(=O)(=O)c1ccccc1)c1ccccc1. The molecule has 0 saturated carbocycles. The molecule has 3 rings (SSSR count). The Morgan fingerprint density at radius 3 is 2.16 bits per heavy atom. The number of hydrogen-bond acceptors (Lipinski definition) is 4.